The molecule has 0 atom stereocenters. The van der Waals surface area contributed by atoms with Crippen molar-refractivity contribution in [3.8, 4) is 0 Å². The number of piperidine rings is 1. The molecule has 1 amide bonds. The monoisotopic (exact) mass is 140 g/mol. The summed E-state index contributed by atoms with van der Waals surface area (Å²) >= 11 is 0. The molecule has 10 heavy (non-hydrogen) atoms. The summed E-state index contributed by atoms with van der Waals surface area (Å²) in [4.78, 5) is 12.5. The van der Waals surface area contributed by atoms with Gasteiger partial charge in [0.15, 0.2) is 0 Å². The van der Waals surface area contributed by atoms with Gasteiger partial charge in [-0.1, -0.05) is 6.92 Å². The van der Waals surface area contributed by atoms with Gasteiger partial charge < -0.3 is 4.90 Å². The van der Waals surface area contributed by atoms with E-state index in [1.165, 1.54) is 0 Å². The van der Waals surface area contributed by atoms with Gasteiger partial charge in [0.2, 0.25) is 5.91 Å². The van der Waals surface area contributed by atoms with E-state index in [-0.39, 0.29) is 5.91 Å². The Morgan fingerprint density at radius 1 is 1.50 bits per heavy atom. The molecule has 0 aromatic rings. The van der Waals surface area contributed by atoms with E-state index in [9.17, 15) is 4.79 Å². The van der Waals surface area contributed by atoms with E-state index in [4.69, 9.17) is 0 Å². The molecule has 0 saturated carbocycles. The fraction of sp³-hybridized carbons (Fsp3) is 0.750. The summed E-state index contributed by atoms with van der Waals surface area (Å²) in [5.74, 6) is 0.766. The van der Waals surface area contributed by atoms with Crippen molar-refractivity contribution in [2.75, 3.05) is 13.1 Å². The highest BCUT2D eigenvalue weighted by Gasteiger charge is 2.16. The summed E-state index contributed by atoms with van der Waals surface area (Å²) in [6.45, 7) is 7.41. The molecule has 1 aliphatic heterocycles. The lowest BCUT2D eigenvalue weighted by Gasteiger charge is -2.29. The van der Waals surface area contributed by atoms with E-state index in [0.717, 1.165) is 31.8 Å². The average molecular weight is 140 g/mol. The zero-order valence-electron chi connectivity index (χ0n) is 6.47. The zero-order valence-corrected chi connectivity index (χ0v) is 6.47. The van der Waals surface area contributed by atoms with Crippen molar-refractivity contribution < 1.29 is 4.79 Å². The van der Waals surface area contributed by atoms with Crippen LogP contribution in [0.25, 0.3) is 0 Å². The average Bonchev–Trinajstić information content (AvgIpc) is 1.88. The van der Waals surface area contributed by atoms with Crippen LogP contribution in [0.15, 0.2) is 0 Å². The fourth-order valence-electron chi connectivity index (χ4n) is 1.26. The highest BCUT2D eigenvalue weighted by molar-refractivity contribution is 5.80. The molecule has 1 heterocycles. The smallest absolute Gasteiger partial charge is 0.223 e. The molecule has 0 N–H and O–H groups in total. The molecule has 1 aliphatic rings. The molecule has 1 radical (unpaired) electrons. The molecule has 1 rings (SSSR count). The molecule has 2 nitrogen and oxygen atoms in total. The number of carbonyl (C=O) groups excluding carboxylic acids is 1. The summed E-state index contributed by atoms with van der Waals surface area (Å²) in [5.41, 5.74) is 0. The molecule has 57 valence electrons. The maximum absolute atomic E-state index is 10.7. The van der Waals surface area contributed by atoms with Crippen LogP contribution in [-0.4, -0.2) is 23.9 Å². The van der Waals surface area contributed by atoms with E-state index in [0.29, 0.717) is 0 Å². The Bertz CT molecular complexity index is 125. The number of hydrogen-bond acceptors (Lipinski definition) is 1. The third-order valence-corrected chi connectivity index (χ3v) is 2.14. The van der Waals surface area contributed by atoms with Gasteiger partial charge >= 0.3 is 0 Å². The van der Waals surface area contributed by atoms with Gasteiger partial charge in [-0.05, 0) is 18.8 Å². The van der Waals surface area contributed by atoms with Crippen molar-refractivity contribution in [2.24, 2.45) is 5.92 Å². The number of likely N-dealkylation sites (tertiary alicyclic amines) is 1. The highest BCUT2D eigenvalue weighted by atomic mass is 16.2. The van der Waals surface area contributed by atoms with Crippen molar-refractivity contribution in [1.29, 1.82) is 0 Å². The Morgan fingerprint density at radius 2 is 2.00 bits per heavy atom. The summed E-state index contributed by atoms with van der Waals surface area (Å²) in [6.07, 6.45) is 2.28. The minimum Gasteiger partial charge on any atom is -0.343 e. The minimum atomic E-state index is -0.0214. The lowest BCUT2D eigenvalue weighted by atomic mass is 9.99. The van der Waals surface area contributed by atoms with Crippen molar-refractivity contribution in [3.63, 3.8) is 0 Å². The molecule has 0 aromatic carbocycles. The van der Waals surface area contributed by atoms with Crippen molar-refractivity contribution in [1.82, 2.24) is 4.90 Å². The van der Waals surface area contributed by atoms with E-state index < -0.39 is 0 Å². The molecular formula is C8H14NO. The SMILES string of the molecule is [CH2]C(=O)N1CCC(C)CC1. The quantitative estimate of drug-likeness (QED) is 0.493. The van der Waals surface area contributed by atoms with Crippen LogP contribution in [-0.2, 0) is 4.79 Å². The number of amides is 1. The van der Waals surface area contributed by atoms with Crippen LogP contribution in [0.2, 0.25) is 0 Å². The first-order valence-electron chi connectivity index (χ1n) is 3.81. The standard InChI is InChI=1S/C8H14NO/c1-7-3-5-9(6-4-7)8(2)10/h7H,2-6H2,1H3. The second kappa shape index (κ2) is 3.04. The van der Waals surface area contributed by atoms with Crippen LogP contribution >= 0.6 is 0 Å². The van der Waals surface area contributed by atoms with Crippen molar-refractivity contribution in [3.05, 3.63) is 6.92 Å². The topological polar surface area (TPSA) is 20.3 Å². The van der Waals surface area contributed by atoms with Crippen LogP contribution < -0.4 is 0 Å². The Balaban J connectivity index is 2.33. The van der Waals surface area contributed by atoms with Gasteiger partial charge in [0.05, 0.1) is 0 Å². The second-order valence-electron chi connectivity index (χ2n) is 3.06. The van der Waals surface area contributed by atoms with E-state index >= 15 is 0 Å². The van der Waals surface area contributed by atoms with Crippen LogP contribution in [0.1, 0.15) is 19.8 Å². The maximum atomic E-state index is 10.7. The van der Waals surface area contributed by atoms with E-state index in [1.54, 1.807) is 0 Å². The Morgan fingerprint density at radius 3 is 2.40 bits per heavy atom. The van der Waals surface area contributed by atoms with Gasteiger partial charge in [0.1, 0.15) is 0 Å². The van der Waals surface area contributed by atoms with Gasteiger partial charge in [-0.3, -0.25) is 4.79 Å². The van der Waals surface area contributed by atoms with E-state index in [1.807, 2.05) is 4.90 Å². The maximum Gasteiger partial charge on any atom is 0.223 e. The first-order valence-corrected chi connectivity index (χ1v) is 3.81. The van der Waals surface area contributed by atoms with Crippen LogP contribution in [0.5, 0.6) is 0 Å². The van der Waals surface area contributed by atoms with Gasteiger partial charge in [-0.2, -0.15) is 0 Å². The normalized spacial score (nSPS) is 21.2. The van der Waals surface area contributed by atoms with Crippen LogP contribution in [0.3, 0.4) is 0 Å². The molecule has 0 aromatic heterocycles. The first-order chi connectivity index (χ1) is 4.70. The third kappa shape index (κ3) is 1.72. The van der Waals surface area contributed by atoms with Gasteiger partial charge in [-0.25, -0.2) is 0 Å². The summed E-state index contributed by atoms with van der Waals surface area (Å²) < 4.78 is 0. The van der Waals surface area contributed by atoms with E-state index in [2.05, 4.69) is 13.8 Å². The molecule has 0 aliphatic carbocycles. The number of rotatable bonds is 0. The lowest BCUT2D eigenvalue weighted by molar-refractivity contribution is -0.127. The Kier molecular flexibility index (Phi) is 2.30. The number of nitrogens with zero attached hydrogens (tertiary/aromatic N) is 1. The predicted octanol–water partition coefficient (Wildman–Crippen LogP) is 1.08. The third-order valence-electron chi connectivity index (χ3n) is 2.14. The highest BCUT2D eigenvalue weighted by Crippen LogP contribution is 2.15. The second-order valence-corrected chi connectivity index (χ2v) is 3.06. The zero-order chi connectivity index (χ0) is 7.56. The van der Waals surface area contributed by atoms with Gasteiger partial charge in [0, 0.05) is 20.0 Å². The van der Waals surface area contributed by atoms with Gasteiger partial charge in [0.25, 0.3) is 0 Å². The summed E-state index contributed by atoms with van der Waals surface area (Å²) in [5, 5.41) is 0. The molecule has 1 fully saturated rings. The number of carbonyl (C=O) groups is 1. The minimum absolute atomic E-state index is 0.0214. The first kappa shape index (κ1) is 7.58. The molecule has 0 unspecified atom stereocenters. The number of hydrogen-bond donors (Lipinski definition) is 0. The predicted molar refractivity (Wildman–Crippen MR) is 40.3 cm³/mol. The summed E-state index contributed by atoms with van der Waals surface area (Å²) in [6, 6.07) is 0. The molecule has 2 heteroatoms. The largest absolute Gasteiger partial charge is 0.343 e. The van der Waals surface area contributed by atoms with Crippen molar-refractivity contribution >= 4 is 5.91 Å². The molecule has 0 spiro atoms. The Hall–Kier alpha value is -0.530. The Labute approximate surface area is 62.2 Å². The van der Waals surface area contributed by atoms with Crippen LogP contribution in [0.4, 0.5) is 0 Å². The molecule has 1 saturated heterocycles. The lowest BCUT2D eigenvalue weighted by Crippen LogP contribution is -2.36. The molecular weight excluding hydrogens is 126 g/mol. The fourth-order valence-corrected chi connectivity index (χ4v) is 1.26. The summed E-state index contributed by atoms with van der Waals surface area (Å²) in [7, 11) is 0. The van der Waals surface area contributed by atoms with Gasteiger partial charge in [-0.15, -0.1) is 0 Å². The molecule has 0 bridgehead atoms. The van der Waals surface area contributed by atoms with Crippen LogP contribution in [0, 0.1) is 12.8 Å². The van der Waals surface area contributed by atoms with Crippen molar-refractivity contribution in [2.45, 2.75) is 19.8 Å².